The van der Waals surface area contributed by atoms with Gasteiger partial charge in [0.05, 0.1) is 12.7 Å². The molecule has 1 aromatic heterocycles. The van der Waals surface area contributed by atoms with E-state index in [1.165, 1.54) is 0 Å². The van der Waals surface area contributed by atoms with Gasteiger partial charge in [0.1, 0.15) is 5.15 Å². The van der Waals surface area contributed by atoms with Crippen molar-refractivity contribution >= 4 is 27.0 Å². The van der Waals surface area contributed by atoms with E-state index in [4.69, 9.17) is 16.0 Å². The molecule has 0 unspecified atom stereocenters. The highest BCUT2D eigenvalue weighted by Gasteiger charge is 2.40. The van der Waals surface area contributed by atoms with E-state index in [0.717, 1.165) is 5.56 Å². The van der Waals surface area contributed by atoms with Gasteiger partial charge in [-0.05, 0) is 36.6 Å². The predicted molar refractivity (Wildman–Crippen MR) is 103 cm³/mol. The van der Waals surface area contributed by atoms with Gasteiger partial charge in [-0.25, -0.2) is 4.98 Å². The van der Waals surface area contributed by atoms with Gasteiger partial charge in [0.2, 0.25) is 0 Å². The first-order valence-corrected chi connectivity index (χ1v) is 11.6. The number of aliphatic hydroxyl groups is 1. The van der Waals surface area contributed by atoms with Gasteiger partial charge in [-0.15, -0.1) is 0 Å². The fourth-order valence-corrected chi connectivity index (χ4v) is 3.48. The van der Waals surface area contributed by atoms with Crippen molar-refractivity contribution in [1.82, 2.24) is 9.79 Å². The Morgan fingerprint density at radius 2 is 2.00 bits per heavy atom. The number of halogens is 1. The molecule has 2 N–H and O–H groups in total. The lowest BCUT2D eigenvalue weighted by Gasteiger charge is -2.40. The van der Waals surface area contributed by atoms with E-state index >= 15 is 0 Å². The molecule has 24 heavy (non-hydrogen) atoms. The van der Waals surface area contributed by atoms with Crippen LogP contribution in [0.15, 0.2) is 18.3 Å². The maximum absolute atomic E-state index is 9.98. The number of aromatic nitrogens is 1. The van der Waals surface area contributed by atoms with Gasteiger partial charge < -0.3 is 19.4 Å². The van der Waals surface area contributed by atoms with Gasteiger partial charge in [-0.1, -0.05) is 38.4 Å². The highest BCUT2D eigenvalue weighted by atomic mass is 35.5. The van der Waals surface area contributed by atoms with Crippen LogP contribution in [0.5, 0.6) is 0 Å². The molecule has 0 aliphatic rings. The SMILES string of the molecule is CB(O)N(CCO)C[C@H](O[Si](C)(C)C(C)(C)C)c1ccc(Cl)nc1. The van der Waals surface area contributed by atoms with Crippen LogP contribution in [0.3, 0.4) is 0 Å². The Morgan fingerprint density at radius 1 is 1.38 bits per heavy atom. The summed E-state index contributed by atoms with van der Waals surface area (Å²) >= 11 is 5.90. The zero-order valence-electron chi connectivity index (χ0n) is 15.6. The van der Waals surface area contributed by atoms with Crippen LogP contribution < -0.4 is 0 Å². The standard InChI is InChI=1S/C16H30BClN2O3Si/c1-16(2,3)24(5,6)23-14(12-20(9-10-21)17(4)22)13-7-8-15(18)19-11-13/h7-8,11,14,21-22H,9-10,12H2,1-6H3/t14-/m0/s1. The highest BCUT2D eigenvalue weighted by Crippen LogP contribution is 2.40. The van der Waals surface area contributed by atoms with Crippen LogP contribution in [0.25, 0.3) is 0 Å². The summed E-state index contributed by atoms with van der Waals surface area (Å²) in [5, 5.41) is 19.7. The van der Waals surface area contributed by atoms with Gasteiger partial charge in [0.25, 0.3) is 0 Å². The van der Waals surface area contributed by atoms with Crippen molar-refractivity contribution in [2.75, 3.05) is 19.7 Å². The Morgan fingerprint density at radius 3 is 2.42 bits per heavy atom. The third kappa shape index (κ3) is 6.13. The highest BCUT2D eigenvalue weighted by molar-refractivity contribution is 6.74. The molecule has 0 bridgehead atoms. The molecule has 0 aromatic carbocycles. The zero-order valence-corrected chi connectivity index (χ0v) is 17.3. The molecule has 0 fully saturated rings. The monoisotopic (exact) mass is 372 g/mol. The first-order chi connectivity index (χ1) is 11.0. The fourth-order valence-electron chi connectivity index (χ4n) is 2.09. The molecule has 0 spiro atoms. The smallest absolute Gasteiger partial charge is 0.376 e. The molecule has 0 radical (unpaired) electrons. The Labute approximate surface area is 152 Å². The van der Waals surface area contributed by atoms with E-state index in [0.29, 0.717) is 18.2 Å². The quantitative estimate of drug-likeness (QED) is 0.542. The molecule has 1 heterocycles. The van der Waals surface area contributed by atoms with Gasteiger partial charge in [-0.3, -0.25) is 0 Å². The number of pyridine rings is 1. The van der Waals surface area contributed by atoms with Gasteiger partial charge in [-0.2, -0.15) is 0 Å². The van der Waals surface area contributed by atoms with Crippen LogP contribution in [0.4, 0.5) is 0 Å². The molecule has 0 saturated carbocycles. The van der Waals surface area contributed by atoms with Gasteiger partial charge >= 0.3 is 7.05 Å². The molecular weight excluding hydrogens is 343 g/mol. The number of rotatable bonds is 8. The average molecular weight is 373 g/mol. The minimum absolute atomic E-state index is 0.0173. The average Bonchev–Trinajstić information content (AvgIpc) is 2.45. The van der Waals surface area contributed by atoms with E-state index < -0.39 is 15.4 Å². The van der Waals surface area contributed by atoms with Crippen LogP contribution in [0.1, 0.15) is 32.4 Å². The van der Waals surface area contributed by atoms with E-state index in [-0.39, 0.29) is 17.7 Å². The lowest BCUT2D eigenvalue weighted by atomic mass is 9.84. The van der Waals surface area contributed by atoms with E-state index in [1.54, 1.807) is 23.9 Å². The number of hydrogen-bond acceptors (Lipinski definition) is 5. The Hall–Kier alpha value is -0.438. The van der Waals surface area contributed by atoms with Crippen molar-refractivity contribution in [1.29, 1.82) is 0 Å². The summed E-state index contributed by atoms with van der Waals surface area (Å²) in [4.78, 5) is 5.96. The topological polar surface area (TPSA) is 65.8 Å². The van der Waals surface area contributed by atoms with Crippen LogP contribution in [-0.4, -0.2) is 55.0 Å². The van der Waals surface area contributed by atoms with E-state index in [9.17, 15) is 10.1 Å². The Bertz CT molecular complexity index is 509. The van der Waals surface area contributed by atoms with Crippen molar-refractivity contribution in [3.63, 3.8) is 0 Å². The molecule has 136 valence electrons. The van der Waals surface area contributed by atoms with E-state index in [1.807, 2.05) is 6.07 Å². The molecule has 0 saturated heterocycles. The summed E-state index contributed by atoms with van der Waals surface area (Å²) in [5.74, 6) is 0. The molecular formula is C16H30BClN2O3Si. The number of aliphatic hydroxyl groups excluding tert-OH is 1. The molecule has 5 nitrogen and oxygen atoms in total. The minimum Gasteiger partial charge on any atom is -0.437 e. The maximum Gasteiger partial charge on any atom is 0.376 e. The largest absolute Gasteiger partial charge is 0.437 e. The normalized spacial score (nSPS) is 14.1. The second-order valence-electron chi connectivity index (χ2n) is 7.63. The zero-order chi connectivity index (χ0) is 18.5. The summed E-state index contributed by atoms with van der Waals surface area (Å²) in [6.07, 6.45) is 1.48. The van der Waals surface area contributed by atoms with Gasteiger partial charge in [0, 0.05) is 19.3 Å². The summed E-state index contributed by atoms with van der Waals surface area (Å²) < 4.78 is 6.58. The van der Waals surface area contributed by atoms with E-state index in [2.05, 4.69) is 38.8 Å². The lowest BCUT2D eigenvalue weighted by Crippen LogP contribution is -2.47. The third-order valence-corrected chi connectivity index (χ3v) is 9.39. The lowest BCUT2D eigenvalue weighted by molar-refractivity contribution is 0.136. The van der Waals surface area contributed by atoms with Gasteiger partial charge in [0.15, 0.2) is 8.32 Å². The Kier molecular flexibility index (Phi) is 7.90. The van der Waals surface area contributed by atoms with Crippen LogP contribution in [-0.2, 0) is 4.43 Å². The summed E-state index contributed by atoms with van der Waals surface area (Å²) in [6.45, 7) is 13.5. The summed E-state index contributed by atoms with van der Waals surface area (Å²) in [7, 11) is -2.68. The van der Waals surface area contributed by atoms with Crippen molar-refractivity contribution in [3.8, 4) is 0 Å². The minimum atomic E-state index is -2.02. The molecule has 1 atom stereocenters. The molecule has 0 amide bonds. The predicted octanol–water partition coefficient (Wildman–Crippen LogP) is 3.20. The van der Waals surface area contributed by atoms with Crippen LogP contribution in [0.2, 0.25) is 30.1 Å². The second-order valence-corrected chi connectivity index (χ2v) is 12.8. The first-order valence-electron chi connectivity index (χ1n) is 8.30. The summed E-state index contributed by atoms with van der Waals surface area (Å²) in [6, 6.07) is 3.66. The second kappa shape index (κ2) is 8.78. The van der Waals surface area contributed by atoms with Crippen molar-refractivity contribution in [3.05, 3.63) is 29.0 Å². The first kappa shape index (κ1) is 21.6. The number of hydrogen-bond donors (Lipinski definition) is 2. The van der Waals surface area contributed by atoms with Crippen LogP contribution >= 0.6 is 11.6 Å². The van der Waals surface area contributed by atoms with Crippen molar-refractivity contribution < 1.29 is 14.6 Å². The maximum atomic E-state index is 9.98. The fraction of sp³-hybridized carbons (Fsp3) is 0.688. The molecule has 1 aromatic rings. The molecule has 1 rings (SSSR count). The Balaban J connectivity index is 3.09. The third-order valence-electron chi connectivity index (χ3n) is 4.68. The van der Waals surface area contributed by atoms with Crippen molar-refractivity contribution in [2.24, 2.45) is 0 Å². The number of nitrogens with zero attached hydrogens (tertiary/aromatic N) is 2. The summed E-state index contributed by atoms with van der Waals surface area (Å²) in [5.41, 5.74) is 0.924. The van der Waals surface area contributed by atoms with Crippen molar-refractivity contribution in [2.45, 2.75) is 51.8 Å². The molecule has 0 aliphatic carbocycles. The molecule has 0 aliphatic heterocycles. The molecule has 8 heteroatoms. The van der Waals surface area contributed by atoms with Crippen LogP contribution in [0, 0.1) is 0 Å².